The van der Waals surface area contributed by atoms with E-state index in [0.29, 0.717) is 102 Å². The third kappa shape index (κ3) is 30.9. The van der Waals surface area contributed by atoms with Crippen molar-refractivity contribution in [1.82, 2.24) is 0 Å². The van der Waals surface area contributed by atoms with Gasteiger partial charge in [-0.3, -0.25) is 19.2 Å². The number of carbonyl (C=O) groups is 8. The molecule has 4 saturated carbocycles. The summed E-state index contributed by atoms with van der Waals surface area (Å²) in [7, 11) is 0. The summed E-state index contributed by atoms with van der Waals surface area (Å²) in [5, 5.41) is 117. The molecule has 0 unspecified atom stereocenters. The Hall–Kier alpha value is -8.48. The molecule has 8 aliphatic rings. The Morgan fingerprint density at radius 1 is 0.310 bits per heavy atom. The van der Waals surface area contributed by atoms with E-state index in [-0.39, 0.29) is 157 Å². The van der Waals surface area contributed by atoms with Crippen LogP contribution in [0.3, 0.4) is 0 Å². The maximum Gasteiger partial charge on any atom is 0.344 e. The maximum absolute atomic E-state index is 12.1. The number of carbonyl (C=O) groups excluding carboxylic acids is 4. The second-order valence-electron chi connectivity index (χ2n) is 36.1. The topological polar surface area (TPSA) is 453 Å². The second kappa shape index (κ2) is 51.6. The van der Waals surface area contributed by atoms with Crippen molar-refractivity contribution < 1.29 is 138 Å². The van der Waals surface area contributed by atoms with Crippen LogP contribution in [0.25, 0.3) is 0 Å². The van der Waals surface area contributed by atoms with Gasteiger partial charge in [0.1, 0.15) is 29.6 Å². The van der Waals surface area contributed by atoms with Crippen molar-refractivity contribution in [2.45, 2.75) is 295 Å². The first-order valence-electron chi connectivity index (χ1n) is 46.4. The molecular formula is C98H140O28. The number of benzene rings is 4. The number of carboxylic acids is 4. The summed E-state index contributed by atoms with van der Waals surface area (Å²) < 4.78 is 43.3. The summed E-state index contributed by atoms with van der Waals surface area (Å²) in [6, 6.07) is 23.5. The number of aliphatic carboxylic acids is 4. The molecule has 0 heterocycles. The lowest BCUT2D eigenvalue weighted by Crippen LogP contribution is -2.28. The summed E-state index contributed by atoms with van der Waals surface area (Å²) >= 11 is 0. The molecule has 0 radical (unpaired) electrons. The highest BCUT2D eigenvalue weighted by atomic mass is 16.6. The van der Waals surface area contributed by atoms with Gasteiger partial charge in [0.2, 0.25) is 0 Å². The molecule has 12 N–H and O–H groups in total. The fourth-order valence-electron chi connectivity index (χ4n) is 20.8. The molecular weight excluding hydrogens is 1630 g/mol. The van der Waals surface area contributed by atoms with E-state index >= 15 is 0 Å². The molecule has 28 nitrogen and oxygen atoms in total. The van der Waals surface area contributed by atoms with E-state index in [1.54, 1.807) is 0 Å². The smallest absolute Gasteiger partial charge is 0.344 e. The van der Waals surface area contributed by atoms with Crippen LogP contribution in [0.2, 0.25) is 0 Å². The Morgan fingerprint density at radius 2 is 0.548 bits per heavy atom. The van der Waals surface area contributed by atoms with Gasteiger partial charge in [0, 0.05) is 19.3 Å². The average Bonchev–Trinajstić information content (AvgIpc) is 1.64. The van der Waals surface area contributed by atoms with Gasteiger partial charge in [-0.25, -0.2) is 19.2 Å². The number of rotatable bonds is 46. The van der Waals surface area contributed by atoms with Crippen LogP contribution >= 0.6 is 0 Å². The van der Waals surface area contributed by atoms with E-state index in [1.807, 2.05) is 76.2 Å². The predicted octanol–water partition coefficient (Wildman–Crippen LogP) is 11.7. The van der Waals surface area contributed by atoms with Gasteiger partial charge in [0.05, 0.1) is 75.1 Å². The SMILES string of the molecule is CC[C@H](O)CC[C@@H]1[C@H]2Cc3cccc(OCC(=O)OCCC(=O)O)c3C[C@H]2C[C@H]1O.CC[C@H](O)CC[C@@H]1[C@H]2Cc3cccc(OCC(=O)OCCCC(=O)O)c3C[C@H]2C[C@H]1O.CC[C@H](O)CC[C@@H]1[C@H]2Cc3cccc(OCC(=O)OCCCCC(=O)O)c3C[C@H]2C[C@H]1O.CC[C@H](O)CC[C@@H]1[C@H]2Cc3cccc(OCC(=O)OCCCCCC(=O)O)c3C[C@H]2C[C@H]1O. The highest BCUT2D eigenvalue weighted by molar-refractivity contribution is 5.73. The molecule has 0 spiro atoms. The molecule has 0 saturated heterocycles. The Labute approximate surface area is 740 Å². The molecule has 0 aromatic heterocycles. The summed E-state index contributed by atoms with van der Waals surface area (Å²) in [6.45, 7) is 7.47. The Balaban J connectivity index is 0.000000190. The van der Waals surface area contributed by atoms with Crippen molar-refractivity contribution >= 4 is 47.8 Å². The van der Waals surface area contributed by atoms with Crippen LogP contribution in [0.15, 0.2) is 72.8 Å². The first kappa shape index (κ1) is 101. The van der Waals surface area contributed by atoms with Crippen LogP contribution in [0.5, 0.6) is 23.0 Å². The van der Waals surface area contributed by atoms with E-state index in [0.717, 1.165) is 176 Å². The third-order valence-electron chi connectivity index (χ3n) is 27.7. The number of carboxylic acid groups (broad SMARTS) is 4. The van der Waals surface area contributed by atoms with Crippen LogP contribution in [0.1, 0.15) is 239 Å². The molecule has 700 valence electrons. The first-order chi connectivity index (χ1) is 60.5. The summed E-state index contributed by atoms with van der Waals surface area (Å²) in [5.74, 6) is 1.15. The van der Waals surface area contributed by atoms with E-state index in [4.69, 9.17) is 58.3 Å². The number of aliphatic hydroxyl groups excluding tert-OH is 8. The number of aliphatic hydroxyl groups is 8. The zero-order valence-electron chi connectivity index (χ0n) is 74.1. The van der Waals surface area contributed by atoms with Crippen LogP contribution in [0.4, 0.5) is 0 Å². The third-order valence-corrected chi connectivity index (χ3v) is 27.7. The summed E-state index contributed by atoms with van der Waals surface area (Å²) in [6.07, 6.45) is 19.7. The molecule has 4 aromatic carbocycles. The fourth-order valence-corrected chi connectivity index (χ4v) is 20.8. The summed E-state index contributed by atoms with van der Waals surface area (Å²) in [4.78, 5) is 89.7. The monoisotopic (exact) mass is 1760 g/mol. The molecule has 12 rings (SSSR count). The number of fused-ring (bicyclic) bond motifs is 8. The highest BCUT2D eigenvalue weighted by Crippen LogP contribution is 2.53. The van der Waals surface area contributed by atoms with Gasteiger partial charge in [-0.15, -0.1) is 0 Å². The van der Waals surface area contributed by atoms with Gasteiger partial charge in [-0.2, -0.15) is 0 Å². The van der Waals surface area contributed by atoms with Gasteiger partial charge < -0.3 is 99.2 Å². The number of unbranched alkanes of at least 4 members (excludes halogenated alkanes) is 3. The Kier molecular flexibility index (Phi) is 41.5. The predicted molar refractivity (Wildman–Crippen MR) is 464 cm³/mol. The molecule has 0 amide bonds. The minimum atomic E-state index is -1.02. The molecule has 28 heteroatoms. The van der Waals surface area contributed by atoms with Crippen LogP contribution in [-0.4, -0.2) is 211 Å². The van der Waals surface area contributed by atoms with Gasteiger partial charge in [0.15, 0.2) is 26.4 Å². The van der Waals surface area contributed by atoms with Crippen molar-refractivity contribution in [2.24, 2.45) is 71.0 Å². The van der Waals surface area contributed by atoms with Gasteiger partial charge >= 0.3 is 47.8 Å². The zero-order valence-corrected chi connectivity index (χ0v) is 74.1. The van der Waals surface area contributed by atoms with E-state index in [9.17, 15) is 79.2 Å². The lowest BCUT2D eigenvalue weighted by atomic mass is 9.73. The number of hydrogen-bond acceptors (Lipinski definition) is 24. The number of hydrogen-bond donors (Lipinski definition) is 12. The fraction of sp³-hybridized carbons (Fsp3) is 0.673. The van der Waals surface area contributed by atoms with Crippen LogP contribution < -0.4 is 18.9 Å². The van der Waals surface area contributed by atoms with Crippen molar-refractivity contribution in [2.75, 3.05) is 52.9 Å². The minimum Gasteiger partial charge on any atom is -0.482 e. The number of ether oxygens (including phenoxy) is 8. The summed E-state index contributed by atoms with van der Waals surface area (Å²) in [5.41, 5.74) is 9.23. The second-order valence-corrected chi connectivity index (χ2v) is 36.1. The average molecular weight is 1770 g/mol. The molecule has 126 heavy (non-hydrogen) atoms. The Bertz CT molecular complexity index is 4110. The van der Waals surface area contributed by atoms with E-state index in [2.05, 4.69) is 24.3 Å². The van der Waals surface area contributed by atoms with Crippen molar-refractivity contribution in [3.8, 4) is 23.0 Å². The first-order valence-corrected chi connectivity index (χ1v) is 46.4. The molecule has 4 aromatic rings. The normalized spacial score (nSPS) is 25.2. The van der Waals surface area contributed by atoms with Crippen molar-refractivity contribution in [3.63, 3.8) is 0 Å². The lowest BCUT2D eigenvalue weighted by Gasteiger charge is -2.32. The van der Waals surface area contributed by atoms with Crippen molar-refractivity contribution in [1.29, 1.82) is 0 Å². The molecule has 8 aliphatic carbocycles. The van der Waals surface area contributed by atoms with Crippen molar-refractivity contribution in [3.05, 3.63) is 117 Å². The lowest BCUT2D eigenvalue weighted by molar-refractivity contribution is -0.149. The molecule has 20 atom stereocenters. The molecule has 0 aliphatic heterocycles. The van der Waals surface area contributed by atoms with E-state index in [1.165, 1.54) is 22.3 Å². The zero-order chi connectivity index (χ0) is 90.9. The molecule has 4 fully saturated rings. The van der Waals surface area contributed by atoms with Crippen LogP contribution in [0, 0.1) is 71.0 Å². The van der Waals surface area contributed by atoms with Gasteiger partial charge in [0.25, 0.3) is 0 Å². The number of esters is 4. The Morgan fingerprint density at radius 3 is 0.810 bits per heavy atom. The molecule has 0 bridgehead atoms. The van der Waals surface area contributed by atoms with E-state index < -0.39 is 47.8 Å². The van der Waals surface area contributed by atoms with Crippen LogP contribution in [-0.2, 0) is 109 Å². The highest BCUT2D eigenvalue weighted by Gasteiger charge is 2.49. The standard InChI is InChI=1S/C26H38O7.C25H36O7.C24H34O7.C23H32O7/c1-2-19(27)10-11-20-21-13-17-7-6-8-24(22(17)14-18(21)15-23(20)28)33-16-26(31)32-12-5-3-4-9-25(29)30;1-2-18(26)9-10-19-20-12-16-6-5-7-23(21(16)13-17(20)14-22(19)27)32-15-25(30)31-11-4-3-8-24(28)29;1-2-17(25)8-9-18-19-11-15-5-3-6-22(20(15)12-16(19)13-21(18)26)31-14-24(29)30-10-4-7-23(27)28;1-2-16(24)6-7-17-18-10-14-4-3-5-21(19(14)11-15(18)12-20(17)25)30-13-23(28)29-9-8-22(26)27/h6-8,18-21,23,27-28H,2-5,9-16H2,1H3,(H,29,30);5-7,17-20,22,26-27H,2-4,8-15H2,1H3,(H,28,29);3,5-6,16-19,21,25-26H,2,4,7-14H2,1H3,(H,27,28);3-5,15-18,20,24-25H,2,6-13H2,1H3,(H,26,27)/t18-,19-,20+,21-,23+;17-,18-,19+,20-,22+;16-,17-,18+,19-,21+;15-,16-,17+,18-,20+/m0000/s1. The maximum atomic E-state index is 12.1. The van der Waals surface area contributed by atoms with Gasteiger partial charge in [-0.05, 0) is 332 Å². The quantitative estimate of drug-likeness (QED) is 0.0111. The minimum absolute atomic E-state index is 0.0346. The largest absolute Gasteiger partial charge is 0.482 e. The van der Waals surface area contributed by atoms with Gasteiger partial charge in [-0.1, -0.05) is 76.2 Å².